The lowest BCUT2D eigenvalue weighted by molar-refractivity contribution is 1.11. The molecule has 0 radical (unpaired) electrons. The first-order chi connectivity index (χ1) is 5.77. The molecule has 0 unspecified atom stereocenters. The summed E-state index contributed by atoms with van der Waals surface area (Å²) in [5.41, 5.74) is 0.978. The number of hydrogen-bond donors (Lipinski definition) is 0. The van der Waals surface area contributed by atoms with Crippen LogP contribution in [0, 0.1) is 0 Å². The first kappa shape index (κ1) is 7.49. The molecular weight excluding hydrogens is 170 g/mol. The zero-order valence-electron chi connectivity index (χ0n) is 6.98. The van der Waals surface area contributed by atoms with Gasteiger partial charge in [-0.2, -0.15) is 0 Å². The van der Waals surface area contributed by atoms with Crippen molar-refractivity contribution < 1.29 is 0 Å². The predicted molar refractivity (Wildman–Crippen MR) is 51.7 cm³/mol. The molecule has 4 heteroatoms. The van der Waals surface area contributed by atoms with Crippen LogP contribution in [0.25, 0.3) is 10.2 Å². The van der Waals surface area contributed by atoms with E-state index in [0.717, 1.165) is 10.6 Å². The molecule has 0 fully saturated rings. The molecule has 0 aliphatic carbocycles. The van der Waals surface area contributed by atoms with Crippen LogP contribution in [0.2, 0.25) is 0 Å². The Morgan fingerprint density at radius 3 is 2.92 bits per heavy atom. The number of nitrogens with zero attached hydrogens (tertiary/aromatic N) is 3. The topological polar surface area (TPSA) is 29.0 Å². The van der Waals surface area contributed by atoms with Crippen molar-refractivity contribution in [1.29, 1.82) is 0 Å². The molecule has 62 valence electrons. The zero-order chi connectivity index (χ0) is 8.55. The van der Waals surface area contributed by atoms with Crippen LogP contribution < -0.4 is 4.90 Å². The zero-order valence-corrected chi connectivity index (χ0v) is 7.80. The standard InChI is InChI=1S/C8H9N3S/c1-11(2)8-10-6-5-9-4-3-7(6)12-8/h3-5H,1-2H3. The van der Waals surface area contributed by atoms with Gasteiger partial charge in [0, 0.05) is 20.3 Å². The van der Waals surface area contributed by atoms with Crippen LogP contribution in [-0.4, -0.2) is 24.1 Å². The molecule has 0 saturated carbocycles. The van der Waals surface area contributed by atoms with Gasteiger partial charge in [-0.05, 0) is 6.07 Å². The maximum Gasteiger partial charge on any atom is 0.185 e. The lowest BCUT2D eigenvalue weighted by Gasteiger charge is -2.04. The Morgan fingerprint density at radius 1 is 1.42 bits per heavy atom. The lowest BCUT2D eigenvalue weighted by Crippen LogP contribution is -2.07. The third-order valence-electron chi connectivity index (χ3n) is 1.56. The van der Waals surface area contributed by atoms with E-state index in [2.05, 4.69) is 9.97 Å². The van der Waals surface area contributed by atoms with E-state index in [4.69, 9.17) is 0 Å². The van der Waals surface area contributed by atoms with E-state index in [1.54, 1.807) is 23.7 Å². The minimum absolute atomic E-state index is 0.978. The van der Waals surface area contributed by atoms with Gasteiger partial charge in [0.25, 0.3) is 0 Å². The van der Waals surface area contributed by atoms with Crippen LogP contribution in [0.3, 0.4) is 0 Å². The fourth-order valence-corrected chi connectivity index (χ4v) is 1.81. The minimum Gasteiger partial charge on any atom is -0.354 e. The minimum atomic E-state index is 0.978. The molecule has 0 aliphatic heterocycles. The fraction of sp³-hybridized carbons (Fsp3) is 0.250. The fourth-order valence-electron chi connectivity index (χ4n) is 0.959. The maximum atomic E-state index is 4.39. The summed E-state index contributed by atoms with van der Waals surface area (Å²) < 4.78 is 1.19. The number of aromatic nitrogens is 2. The van der Waals surface area contributed by atoms with Gasteiger partial charge in [0.05, 0.1) is 10.9 Å². The molecule has 0 saturated heterocycles. The van der Waals surface area contributed by atoms with E-state index in [9.17, 15) is 0 Å². The number of anilines is 1. The van der Waals surface area contributed by atoms with E-state index in [1.807, 2.05) is 25.1 Å². The third kappa shape index (κ3) is 1.14. The summed E-state index contributed by atoms with van der Waals surface area (Å²) in [6, 6.07) is 1.99. The van der Waals surface area contributed by atoms with Crippen molar-refractivity contribution in [2.45, 2.75) is 0 Å². The van der Waals surface area contributed by atoms with Crippen molar-refractivity contribution in [3.05, 3.63) is 18.5 Å². The van der Waals surface area contributed by atoms with E-state index in [-0.39, 0.29) is 0 Å². The van der Waals surface area contributed by atoms with Crippen LogP contribution in [0.1, 0.15) is 0 Å². The Kier molecular flexibility index (Phi) is 1.69. The van der Waals surface area contributed by atoms with Gasteiger partial charge in [-0.25, -0.2) is 4.98 Å². The van der Waals surface area contributed by atoms with Crippen molar-refractivity contribution in [2.24, 2.45) is 0 Å². The van der Waals surface area contributed by atoms with Gasteiger partial charge >= 0.3 is 0 Å². The maximum absolute atomic E-state index is 4.39. The third-order valence-corrected chi connectivity index (χ3v) is 2.77. The summed E-state index contributed by atoms with van der Waals surface area (Å²) in [7, 11) is 3.98. The van der Waals surface area contributed by atoms with E-state index < -0.39 is 0 Å². The van der Waals surface area contributed by atoms with Crippen LogP contribution in [0.5, 0.6) is 0 Å². The average molecular weight is 179 g/mol. The second-order valence-electron chi connectivity index (χ2n) is 2.73. The number of fused-ring (bicyclic) bond motifs is 1. The van der Waals surface area contributed by atoms with Crippen LogP contribution >= 0.6 is 11.3 Å². The van der Waals surface area contributed by atoms with Crippen molar-refractivity contribution >= 4 is 26.7 Å². The molecule has 0 aliphatic rings. The molecule has 0 spiro atoms. The summed E-state index contributed by atoms with van der Waals surface area (Å²) in [5, 5.41) is 1.03. The SMILES string of the molecule is CN(C)c1nc2cnccc2s1. The van der Waals surface area contributed by atoms with Gasteiger partial charge in [0.15, 0.2) is 5.13 Å². The molecule has 0 aromatic carbocycles. The second-order valence-corrected chi connectivity index (χ2v) is 3.74. The molecule has 0 bridgehead atoms. The highest BCUT2D eigenvalue weighted by atomic mass is 32.1. The summed E-state index contributed by atoms with van der Waals surface area (Å²) >= 11 is 1.68. The van der Waals surface area contributed by atoms with Crippen molar-refractivity contribution in [3.63, 3.8) is 0 Å². The first-order valence-electron chi connectivity index (χ1n) is 3.65. The Labute approximate surface area is 74.7 Å². The van der Waals surface area contributed by atoms with E-state index in [1.165, 1.54) is 4.70 Å². The molecule has 12 heavy (non-hydrogen) atoms. The lowest BCUT2D eigenvalue weighted by atomic mass is 10.5. The van der Waals surface area contributed by atoms with Gasteiger partial charge in [-0.3, -0.25) is 4.98 Å². The van der Waals surface area contributed by atoms with Gasteiger partial charge in [0.2, 0.25) is 0 Å². The monoisotopic (exact) mass is 179 g/mol. The molecule has 3 nitrogen and oxygen atoms in total. The number of hydrogen-bond acceptors (Lipinski definition) is 4. The summed E-state index contributed by atoms with van der Waals surface area (Å²) in [6.07, 6.45) is 3.58. The second kappa shape index (κ2) is 2.71. The quantitative estimate of drug-likeness (QED) is 0.668. The highest BCUT2D eigenvalue weighted by Crippen LogP contribution is 2.25. The highest BCUT2D eigenvalue weighted by Gasteiger charge is 2.03. The number of thiazole rings is 1. The Morgan fingerprint density at radius 2 is 2.25 bits per heavy atom. The summed E-state index contributed by atoms with van der Waals surface area (Å²) in [5.74, 6) is 0. The average Bonchev–Trinajstić information content (AvgIpc) is 2.46. The van der Waals surface area contributed by atoms with E-state index in [0.29, 0.717) is 0 Å². The van der Waals surface area contributed by atoms with Gasteiger partial charge in [-0.1, -0.05) is 11.3 Å². The summed E-state index contributed by atoms with van der Waals surface area (Å²) in [6.45, 7) is 0. The van der Waals surface area contributed by atoms with Gasteiger partial charge in [0.1, 0.15) is 5.52 Å². The van der Waals surface area contributed by atoms with Gasteiger partial charge < -0.3 is 4.90 Å². The Bertz CT molecular complexity index is 361. The van der Waals surface area contributed by atoms with Crippen molar-refractivity contribution in [3.8, 4) is 0 Å². The molecule has 2 aromatic heterocycles. The van der Waals surface area contributed by atoms with Crippen molar-refractivity contribution in [2.75, 3.05) is 19.0 Å². The normalized spacial score (nSPS) is 10.5. The molecule has 0 N–H and O–H groups in total. The number of pyridine rings is 1. The first-order valence-corrected chi connectivity index (χ1v) is 4.47. The van der Waals surface area contributed by atoms with Crippen LogP contribution in [0.4, 0.5) is 5.13 Å². The molecule has 0 amide bonds. The van der Waals surface area contributed by atoms with Crippen LogP contribution in [-0.2, 0) is 0 Å². The highest BCUT2D eigenvalue weighted by molar-refractivity contribution is 7.22. The van der Waals surface area contributed by atoms with Crippen LogP contribution in [0.15, 0.2) is 18.5 Å². The largest absolute Gasteiger partial charge is 0.354 e. The predicted octanol–water partition coefficient (Wildman–Crippen LogP) is 1.76. The Hall–Kier alpha value is -1.16. The molecular formula is C8H9N3S. The smallest absolute Gasteiger partial charge is 0.185 e. The van der Waals surface area contributed by atoms with E-state index >= 15 is 0 Å². The molecule has 2 rings (SSSR count). The molecule has 2 aromatic rings. The number of rotatable bonds is 1. The van der Waals surface area contributed by atoms with Crippen molar-refractivity contribution in [1.82, 2.24) is 9.97 Å². The molecule has 0 atom stereocenters. The Balaban J connectivity index is 2.62. The van der Waals surface area contributed by atoms with Gasteiger partial charge in [-0.15, -0.1) is 0 Å². The molecule has 2 heterocycles. The summed E-state index contributed by atoms with van der Waals surface area (Å²) in [4.78, 5) is 10.4.